The summed E-state index contributed by atoms with van der Waals surface area (Å²) in [4.78, 5) is 43.8. The normalized spacial score (nSPS) is 10.5. The van der Waals surface area contributed by atoms with Crippen LogP contribution in [0.4, 0.5) is 0 Å². The van der Waals surface area contributed by atoms with Gasteiger partial charge in [-0.2, -0.15) is 0 Å². The van der Waals surface area contributed by atoms with Gasteiger partial charge in [0.2, 0.25) is 5.91 Å². The van der Waals surface area contributed by atoms with Gasteiger partial charge in [0.25, 0.3) is 5.91 Å². The van der Waals surface area contributed by atoms with E-state index < -0.39 is 0 Å². The van der Waals surface area contributed by atoms with Crippen molar-refractivity contribution in [3.05, 3.63) is 71.6 Å². The first-order valence-corrected chi connectivity index (χ1v) is 9.69. The minimum Gasteiger partial charge on any atom is -0.348 e. The molecule has 0 bridgehead atoms. The molecular formula is C22H24N6O2. The first-order chi connectivity index (χ1) is 14.5. The summed E-state index contributed by atoms with van der Waals surface area (Å²) >= 11 is 0. The molecule has 0 atom stereocenters. The molecule has 3 rings (SSSR count). The summed E-state index contributed by atoms with van der Waals surface area (Å²) in [6.07, 6.45) is 5.07. The van der Waals surface area contributed by atoms with Crippen LogP contribution in [0.3, 0.4) is 0 Å². The highest BCUT2D eigenvalue weighted by Crippen LogP contribution is 2.19. The second-order valence-electron chi connectivity index (χ2n) is 6.86. The average molecular weight is 404 g/mol. The van der Waals surface area contributed by atoms with E-state index in [4.69, 9.17) is 0 Å². The highest BCUT2D eigenvalue weighted by Gasteiger charge is 2.19. The Kier molecular flexibility index (Phi) is 6.79. The Hall–Kier alpha value is -3.68. The maximum absolute atomic E-state index is 12.9. The molecule has 0 aliphatic heterocycles. The number of amides is 2. The van der Waals surface area contributed by atoms with E-state index in [1.165, 1.54) is 6.20 Å². The standard InChI is InChI=1S/C22H24N6O2/c1-4-20(29)28(3)14-19-25-12-17(21(27-19)18-13-23-15(2)10-24-18)22(30)26-11-16-8-6-5-7-9-16/h5-10,12-13H,4,11,14H2,1-3H3,(H,26,30). The third kappa shape index (κ3) is 5.22. The second kappa shape index (κ2) is 9.69. The van der Waals surface area contributed by atoms with Crippen molar-refractivity contribution in [3.63, 3.8) is 0 Å². The SMILES string of the molecule is CCC(=O)N(C)Cc1ncc(C(=O)NCc2ccccc2)c(-c2cnc(C)cn2)n1. The summed E-state index contributed by atoms with van der Waals surface area (Å²) in [5, 5.41) is 2.89. The van der Waals surface area contributed by atoms with Crippen LogP contribution in [0.5, 0.6) is 0 Å². The molecule has 1 N–H and O–H groups in total. The molecular weight excluding hydrogens is 380 g/mol. The van der Waals surface area contributed by atoms with E-state index in [0.29, 0.717) is 35.7 Å². The van der Waals surface area contributed by atoms with Gasteiger partial charge in [-0.15, -0.1) is 0 Å². The topological polar surface area (TPSA) is 101 Å². The van der Waals surface area contributed by atoms with Gasteiger partial charge in [-0.05, 0) is 12.5 Å². The lowest BCUT2D eigenvalue weighted by molar-refractivity contribution is -0.130. The molecule has 0 saturated heterocycles. The monoisotopic (exact) mass is 404 g/mol. The molecule has 154 valence electrons. The summed E-state index contributed by atoms with van der Waals surface area (Å²) in [6, 6.07) is 9.63. The Balaban J connectivity index is 1.89. The molecule has 0 unspecified atom stereocenters. The molecule has 3 aromatic rings. The Morgan fingerprint density at radius 1 is 1.03 bits per heavy atom. The van der Waals surface area contributed by atoms with Crippen molar-refractivity contribution in [2.75, 3.05) is 7.05 Å². The summed E-state index contributed by atoms with van der Waals surface area (Å²) in [5.41, 5.74) is 2.91. The highest BCUT2D eigenvalue weighted by atomic mass is 16.2. The van der Waals surface area contributed by atoms with Crippen LogP contribution < -0.4 is 5.32 Å². The first-order valence-electron chi connectivity index (χ1n) is 9.69. The molecule has 2 amide bonds. The van der Waals surface area contributed by atoms with Crippen molar-refractivity contribution in [3.8, 4) is 11.4 Å². The van der Waals surface area contributed by atoms with Gasteiger partial charge >= 0.3 is 0 Å². The van der Waals surface area contributed by atoms with Gasteiger partial charge in [-0.3, -0.25) is 19.6 Å². The lowest BCUT2D eigenvalue weighted by Gasteiger charge is -2.16. The van der Waals surface area contributed by atoms with Gasteiger partial charge in [0.1, 0.15) is 17.2 Å². The molecule has 0 aliphatic carbocycles. The predicted octanol–water partition coefficient (Wildman–Crippen LogP) is 2.54. The Labute approximate surface area is 175 Å². The Bertz CT molecular complexity index is 1020. The van der Waals surface area contributed by atoms with Crippen molar-refractivity contribution in [2.45, 2.75) is 33.4 Å². The van der Waals surface area contributed by atoms with E-state index >= 15 is 0 Å². The van der Waals surface area contributed by atoms with Gasteiger partial charge in [0.05, 0.1) is 24.0 Å². The fourth-order valence-electron chi connectivity index (χ4n) is 2.81. The quantitative estimate of drug-likeness (QED) is 0.649. The third-order valence-corrected chi connectivity index (χ3v) is 4.51. The van der Waals surface area contributed by atoms with E-state index in [9.17, 15) is 9.59 Å². The van der Waals surface area contributed by atoms with Gasteiger partial charge in [-0.25, -0.2) is 9.97 Å². The molecule has 0 saturated carbocycles. The average Bonchev–Trinajstić information content (AvgIpc) is 2.78. The van der Waals surface area contributed by atoms with Crippen LogP contribution in [-0.2, 0) is 17.9 Å². The van der Waals surface area contributed by atoms with Gasteiger partial charge in [0.15, 0.2) is 0 Å². The largest absolute Gasteiger partial charge is 0.348 e. The molecule has 2 heterocycles. The smallest absolute Gasteiger partial charge is 0.255 e. The van der Waals surface area contributed by atoms with E-state index in [0.717, 1.165) is 11.3 Å². The zero-order chi connectivity index (χ0) is 21.5. The number of carbonyl (C=O) groups excluding carboxylic acids is 2. The molecule has 0 radical (unpaired) electrons. The van der Waals surface area contributed by atoms with Crippen LogP contribution in [0.2, 0.25) is 0 Å². The third-order valence-electron chi connectivity index (χ3n) is 4.51. The lowest BCUT2D eigenvalue weighted by Crippen LogP contribution is -2.27. The van der Waals surface area contributed by atoms with Crippen LogP contribution in [0.25, 0.3) is 11.4 Å². The van der Waals surface area contributed by atoms with E-state index in [-0.39, 0.29) is 18.4 Å². The van der Waals surface area contributed by atoms with E-state index in [1.54, 1.807) is 31.3 Å². The number of benzene rings is 1. The number of nitrogens with zero attached hydrogens (tertiary/aromatic N) is 5. The predicted molar refractivity (Wildman–Crippen MR) is 112 cm³/mol. The van der Waals surface area contributed by atoms with E-state index in [2.05, 4.69) is 25.3 Å². The highest BCUT2D eigenvalue weighted by molar-refractivity contribution is 5.99. The molecule has 0 fully saturated rings. The maximum Gasteiger partial charge on any atom is 0.255 e. The van der Waals surface area contributed by atoms with Crippen molar-refractivity contribution in [2.24, 2.45) is 0 Å². The zero-order valence-electron chi connectivity index (χ0n) is 17.3. The van der Waals surface area contributed by atoms with Crippen LogP contribution in [0.1, 0.15) is 40.8 Å². The van der Waals surface area contributed by atoms with Crippen molar-refractivity contribution >= 4 is 11.8 Å². The molecule has 2 aromatic heterocycles. The molecule has 1 aromatic carbocycles. The van der Waals surface area contributed by atoms with Crippen molar-refractivity contribution in [1.29, 1.82) is 0 Å². The molecule has 0 aliphatic rings. The van der Waals surface area contributed by atoms with Crippen LogP contribution in [0.15, 0.2) is 48.9 Å². The second-order valence-corrected chi connectivity index (χ2v) is 6.86. The van der Waals surface area contributed by atoms with Gasteiger partial charge < -0.3 is 10.2 Å². The van der Waals surface area contributed by atoms with Crippen molar-refractivity contribution < 1.29 is 9.59 Å². The fourth-order valence-corrected chi connectivity index (χ4v) is 2.81. The summed E-state index contributed by atoms with van der Waals surface area (Å²) in [5.74, 6) is 0.108. The maximum atomic E-state index is 12.9. The first kappa shape index (κ1) is 21.0. The molecule has 0 spiro atoms. The van der Waals surface area contributed by atoms with Crippen LogP contribution in [0, 0.1) is 6.92 Å². The number of rotatable bonds is 7. The van der Waals surface area contributed by atoms with Crippen molar-refractivity contribution in [1.82, 2.24) is 30.2 Å². The molecule has 8 heteroatoms. The van der Waals surface area contributed by atoms with Gasteiger partial charge in [-0.1, -0.05) is 37.3 Å². The minimum absolute atomic E-state index is 0.0139. The minimum atomic E-state index is -0.305. The zero-order valence-corrected chi connectivity index (χ0v) is 17.3. The number of aromatic nitrogens is 4. The summed E-state index contributed by atoms with van der Waals surface area (Å²) in [6.45, 7) is 4.26. The summed E-state index contributed by atoms with van der Waals surface area (Å²) in [7, 11) is 1.70. The Morgan fingerprint density at radius 2 is 1.80 bits per heavy atom. The number of hydrogen-bond donors (Lipinski definition) is 1. The fraction of sp³-hybridized carbons (Fsp3) is 0.273. The lowest BCUT2D eigenvalue weighted by atomic mass is 10.1. The number of carbonyl (C=O) groups is 2. The van der Waals surface area contributed by atoms with E-state index in [1.807, 2.05) is 37.3 Å². The Morgan fingerprint density at radius 3 is 2.47 bits per heavy atom. The number of hydrogen-bond acceptors (Lipinski definition) is 6. The van der Waals surface area contributed by atoms with Crippen LogP contribution >= 0.6 is 0 Å². The molecule has 8 nitrogen and oxygen atoms in total. The molecule has 30 heavy (non-hydrogen) atoms. The number of nitrogens with one attached hydrogen (secondary N) is 1. The van der Waals surface area contributed by atoms with Gasteiger partial charge in [0, 0.05) is 32.4 Å². The van der Waals surface area contributed by atoms with Crippen LogP contribution in [-0.4, -0.2) is 43.7 Å². The number of aryl methyl sites for hydroxylation is 1. The summed E-state index contributed by atoms with van der Waals surface area (Å²) < 4.78 is 0.